The summed E-state index contributed by atoms with van der Waals surface area (Å²) < 4.78 is 0.371. The van der Waals surface area contributed by atoms with Gasteiger partial charge in [-0.1, -0.05) is 42.5 Å². The maximum Gasteiger partial charge on any atom is 0.150 e. The van der Waals surface area contributed by atoms with Crippen molar-refractivity contribution in [3.8, 4) is 0 Å². The third-order valence-electron chi connectivity index (χ3n) is 1.51. The van der Waals surface area contributed by atoms with Crippen LogP contribution in [0.4, 0.5) is 0 Å². The Bertz CT molecular complexity index is 320. The van der Waals surface area contributed by atoms with Gasteiger partial charge in [-0.05, 0) is 12.5 Å². The molecular formula is C9H10N2S2. The lowest BCUT2D eigenvalue weighted by molar-refractivity contribution is 1.06. The molecule has 0 atom stereocenters. The molecule has 0 aliphatic rings. The van der Waals surface area contributed by atoms with Gasteiger partial charge >= 0.3 is 0 Å². The maximum absolute atomic E-state index is 4.71. The maximum atomic E-state index is 4.71. The van der Waals surface area contributed by atoms with Gasteiger partial charge in [-0.25, -0.2) is 0 Å². The van der Waals surface area contributed by atoms with Crippen molar-refractivity contribution < 1.29 is 0 Å². The van der Waals surface area contributed by atoms with Crippen LogP contribution in [0.1, 0.15) is 12.5 Å². The Hall–Kier alpha value is -0.870. The highest BCUT2D eigenvalue weighted by Crippen LogP contribution is 1.99. The van der Waals surface area contributed by atoms with Gasteiger partial charge in [-0.15, -0.1) is 12.6 Å². The Balaban J connectivity index is 2.73. The van der Waals surface area contributed by atoms with E-state index >= 15 is 0 Å². The molecule has 1 N–H and O–H groups in total. The average molecular weight is 210 g/mol. The van der Waals surface area contributed by atoms with Gasteiger partial charge < -0.3 is 0 Å². The van der Waals surface area contributed by atoms with Crippen molar-refractivity contribution in [3.63, 3.8) is 0 Å². The van der Waals surface area contributed by atoms with Gasteiger partial charge in [0.2, 0.25) is 0 Å². The van der Waals surface area contributed by atoms with Crippen LogP contribution in [0, 0.1) is 0 Å². The third kappa shape index (κ3) is 3.57. The Morgan fingerprint density at radius 3 is 2.54 bits per heavy atom. The number of nitrogens with zero attached hydrogens (tertiary/aromatic N) is 1. The van der Waals surface area contributed by atoms with Crippen molar-refractivity contribution in [1.29, 1.82) is 0 Å². The second-order valence-corrected chi connectivity index (χ2v) is 3.64. The molecule has 2 nitrogen and oxygen atoms in total. The normalized spacial score (nSPS) is 11.1. The number of rotatable bonds is 2. The zero-order chi connectivity index (χ0) is 9.68. The molecule has 1 aromatic rings. The highest BCUT2D eigenvalue weighted by atomic mass is 32.1. The third-order valence-corrected chi connectivity index (χ3v) is 1.70. The molecule has 0 unspecified atom stereocenters. The number of hydrogen-bond acceptors (Lipinski definition) is 2. The lowest BCUT2D eigenvalue weighted by Gasteiger charge is -2.00. The fourth-order valence-electron chi connectivity index (χ4n) is 0.876. The first-order valence-corrected chi connectivity index (χ1v) is 4.64. The van der Waals surface area contributed by atoms with Crippen LogP contribution in [-0.4, -0.2) is 10.0 Å². The second-order valence-electron chi connectivity index (χ2n) is 2.48. The summed E-state index contributed by atoms with van der Waals surface area (Å²) in [6.45, 7) is 1.91. The molecule has 0 radical (unpaired) electrons. The molecule has 13 heavy (non-hydrogen) atoms. The summed E-state index contributed by atoms with van der Waals surface area (Å²) in [7, 11) is 0. The van der Waals surface area contributed by atoms with Gasteiger partial charge in [0.25, 0.3) is 0 Å². The van der Waals surface area contributed by atoms with Gasteiger partial charge in [0.1, 0.15) is 0 Å². The molecule has 0 saturated heterocycles. The molecule has 0 fully saturated rings. The van der Waals surface area contributed by atoms with Crippen molar-refractivity contribution in [1.82, 2.24) is 5.43 Å². The van der Waals surface area contributed by atoms with Crippen LogP contribution in [0.3, 0.4) is 0 Å². The number of benzene rings is 1. The molecule has 0 saturated carbocycles. The lowest BCUT2D eigenvalue weighted by atomic mass is 10.1. The largest absolute Gasteiger partial charge is 0.262 e. The first-order valence-electron chi connectivity index (χ1n) is 3.79. The summed E-state index contributed by atoms with van der Waals surface area (Å²) in [5.41, 5.74) is 4.58. The van der Waals surface area contributed by atoms with Crippen molar-refractivity contribution in [2.24, 2.45) is 5.10 Å². The monoisotopic (exact) mass is 210 g/mol. The number of thiocarbonyl (C=S) groups is 1. The number of nitrogens with one attached hydrogen (secondary N) is 1. The summed E-state index contributed by atoms with van der Waals surface area (Å²) >= 11 is 8.61. The SMILES string of the molecule is CC(=NNC(=S)S)c1ccccc1. The van der Waals surface area contributed by atoms with Crippen molar-refractivity contribution in [3.05, 3.63) is 35.9 Å². The van der Waals surface area contributed by atoms with Crippen LogP contribution in [-0.2, 0) is 0 Å². The molecule has 68 valence electrons. The molecule has 0 aliphatic heterocycles. The van der Waals surface area contributed by atoms with E-state index in [4.69, 9.17) is 12.2 Å². The van der Waals surface area contributed by atoms with E-state index in [0.29, 0.717) is 4.32 Å². The van der Waals surface area contributed by atoms with Crippen LogP contribution in [0.5, 0.6) is 0 Å². The highest BCUT2D eigenvalue weighted by molar-refractivity contribution is 8.11. The Morgan fingerprint density at radius 2 is 2.00 bits per heavy atom. The summed E-state index contributed by atoms with van der Waals surface area (Å²) in [4.78, 5) is 0. The van der Waals surface area contributed by atoms with E-state index in [9.17, 15) is 0 Å². The van der Waals surface area contributed by atoms with E-state index in [1.165, 1.54) is 0 Å². The summed E-state index contributed by atoms with van der Waals surface area (Å²) in [6.07, 6.45) is 0. The number of thiol groups is 1. The van der Waals surface area contributed by atoms with Gasteiger partial charge in [0.05, 0.1) is 5.71 Å². The highest BCUT2D eigenvalue weighted by Gasteiger charge is 1.94. The van der Waals surface area contributed by atoms with Gasteiger partial charge in [-0.3, -0.25) is 5.43 Å². The van der Waals surface area contributed by atoms with Crippen molar-refractivity contribution in [2.75, 3.05) is 0 Å². The number of hydrogen-bond donors (Lipinski definition) is 2. The molecule has 4 heteroatoms. The van der Waals surface area contributed by atoms with Gasteiger partial charge in [-0.2, -0.15) is 5.10 Å². The minimum atomic E-state index is 0.371. The van der Waals surface area contributed by atoms with E-state index in [1.807, 2.05) is 37.3 Å². The predicted molar refractivity (Wildman–Crippen MR) is 63.4 cm³/mol. The van der Waals surface area contributed by atoms with Crippen LogP contribution in [0.15, 0.2) is 35.4 Å². The van der Waals surface area contributed by atoms with Crippen LogP contribution in [0.25, 0.3) is 0 Å². The molecular weight excluding hydrogens is 200 g/mol. The first-order chi connectivity index (χ1) is 6.20. The molecule has 0 spiro atoms. The Kier molecular flexibility index (Phi) is 3.92. The minimum Gasteiger partial charge on any atom is -0.262 e. The van der Waals surface area contributed by atoms with E-state index in [1.54, 1.807) is 0 Å². The fraction of sp³-hybridized carbons (Fsp3) is 0.111. The van der Waals surface area contributed by atoms with Gasteiger partial charge in [0, 0.05) is 0 Å². The van der Waals surface area contributed by atoms with E-state index in [-0.39, 0.29) is 0 Å². The quantitative estimate of drug-likeness (QED) is 0.338. The molecule has 0 bridgehead atoms. The average Bonchev–Trinajstić information content (AvgIpc) is 2.15. The van der Waals surface area contributed by atoms with Crippen LogP contribution >= 0.6 is 24.8 Å². The van der Waals surface area contributed by atoms with Crippen molar-refractivity contribution >= 4 is 34.9 Å². The second kappa shape index (κ2) is 4.99. The Morgan fingerprint density at radius 1 is 1.38 bits per heavy atom. The summed E-state index contributed by atoms with van der Waals surface area (Å²) in [5.74, 6) is 0. The van der Waals surface area contributed by atoms with Crippen LogP contribution < -0.4 is 5.43 Å². The Labute approximate surface area is 88.5 Å². The molecule has 0 aliphatic carbocycles. The summed E-state index contributed by atoms with van der Waals surface area (Å²) in [5, 5.41) is 4.04. The minimum absolute atomic E-state index is 0.371. The van der Waals surface area contributed by atoms with E-state index in [0.717, 1.165) is 11.3 Å². The standard InChI is InChI=1S/C9H10N2S2/c1-7(10-11-9(12)13)8-5-3-2-4-6-8/h2-6H,1H3,(H2,11,12,13). The number of hydrazone groups is 1. The topological polar surface area (TPSA) is 24.4 Å². The molecule has 0 amide bonds. The molecule has 0 heterocycles. The van der Waals surface area contributed by atoms with Crippen molar-refractivity contribution in [2.45, 2.75) is 6.92 Å². The molecule has 1 aromatic carbocycles. The first kappa shape index (κ1) is 10.2. The van der Waals surface area contributed by atoms with Gasteiger partial charge in [0.15, 0.2) is 4.32 Å². The van der Waals surface area contributed by atoms with E-state index < -0.39 is 0 Å². The fourth-order valence-corrected chi connectivity index (χ4v) is 0.971. The molecule has 1 rings (SSSR count). The van der Waals surface area contributed by atoms with Crippen LogP contribution in [0.2, 0.25) is 0 Å². The predicted octanol–water partition coefficient (Wildman–Crippen LogP) is 2.21. The zero-order valence-corrected chi connectivity index (χ0v) is 8.90. The molecule has 0 aromatic heterocycles. The lowest BCUT2D eigenvalue weighted by Crippen LogP contribution is -2.11. The zero-order valence-electron chi connectivity index (χ0n) is 7.19. The van der Waals surface area contributed by atoms with E-state index in [2.05, 4.69) is 23.2 Å². The summed E-state index contributed by atoms with van der Waals surface area (Å²) in [6, 6.07) is 9.87. The smallest absolute Gasteiger partial charge is 0.150 e.